The number of amides is 2. The number of rotatable bonds is 8. The van der Waals surface area contributed by atoms with E-state index in [2.05, 4.69) is 11.9 Å². The van der Waals surface area contributed by atoms with Crippen LogP contribution in [0, 0.1) is 0 Å². The first-order valence-electron chi connectivity index (χ1n) is 5.44. The van der Waals surface area contributed by atoms with Gasteiger partial charge in [-0.15, -0.1) is 0 Å². The van der Waals surface area contributed by atoms with E-state index in [9.17, 15) is 9.59 Å². The number of ether oxygens (including phenoxy) is 1. The van der Waals surface area contributed by atoms with Gasteiger partial charge < -0.3 is 20.1 Å². The van der Waals surface area contributed by atoms with E-state index in [-0.39, 0.29) is 19.2 Å². The summed E-state index contributed by atoms with van der Waals surface area (Å²) in [5.41, 5.74) is 0.907. The van der Waals surface area contributed by atoms with Crippen molar-refractivity contribution >= 4 is 12.0 Å². The molecule has 0 aromatic rings. The van der Waals surface area contributed by atoms with Crippen molar-refractivity contribution in [3.63, 3.8) is 0 Å². The first kappa shape index (κ1) is 15.4. The van der Waals surface area contributed by atoms with E-state index in [0.29, 0.717) is 19.6 Å². The van der Waals surface area contributed by atoms with Gasteiger partial charge in [-0.05, 0) is 13.8 Å². The largest absolute Gasteiger partial charge is 0.480 e. The second-order valence-electron chi connectivity index (χ2n) is 3.65. The highest BCUT2D eigenvalue weighted by Crippen LogP contribution is 1.95. The molecule has 0 saturated heterocycles. The number of carbonyl (C=O) groups is 2. The van der Waals surface area contributed by atoms with Gasteiger partial charge >= 0.3 is 12.0 Å². The molecule has 0 spiro atoms. The molecule has 0 aromatic heterocycles. The highest BCUT2D eigenvalue weighted by atomic mass is 16.5. The maximum Gasteiger partial charge on any atom is 0.329 e. The van der Waals surface area contributed by atoms with Crippen molar-refractivity contribution in [3.05, 3.63) is 12.2 Å². The van der Waals surface area contributed by atoms with Crippen molar-refractivity contribution < 1.29 is 19.4 Å². The molecule has 0 fully saturated rings. The summed E-state index contributed by atoms with van der Waals surface area (Å²) in [7, 11) is 0. The number of carboxylic acid groups (broad SMARTS) is 1. The zero-order valence-corrected chi connectivity index (χ0v) is 10.4. The minimum atomic E-state index is -1.02. The van der Waals surface area contributed by atoms with Crippen LogP contribution in [0.1, 0.15) is 13.8 Å². The number of aliphatic carboxylic acids is 1. The molecule has 6 nitrogen and oxygen atoms in total. The number of carbonyl (C=O) groups excluding carboxylic acids is 1. The molecule has 2 N–H and O–H groups in total. The van der Waals surface area contributed by atoms with Crippen molar-refractivity contribution in [1.29, 1.82) is 0 Å². The fourth-order valence-corrected chi connectivity index (χ4v) is 1.15. The van der Waals surface area contributed by atoms with Gasteiger partial charge in [-0.1, -0.05) is 12.2 Å². The highest BCUT2D eigenvalue weighted by molar-refractivity contribution is 5.74. The number of hydrogen-bond donors (Lipinski definition) is 2. The number of urea groups is 1. The summed E-state index contributed by atoms with van der Waals surface area (Å²) in [6.07, 6.45) is 0. The molecule has 0 atom stereocenters. The third kappa shape index (κ3) is 8.27. The molecule has 2 amide bonds. The topological polar surface area (TPSA) is 78.9 Å². The Kier molecular flexibility index (Phi) is 7.79. The Morgan fingerprint density at radius 2 is 2.12 bits per heavy atom. The van der Waals surface area contributed by atoms with Gasteiger partial charge in [-0.25, -0.2) is 9.59 Å². The fraction of sp³-hybridized carbons (Fsp3) is 0.636. The molecule has 0 aliphatic heterocycles. The van der Waals surface area contributed by atoms with Crippen molar-refractivity contribution in [1.82, 2.24) is 10.2 Å². The molecule has 0 bridgehead atoms. The Labute approximate surface area is 101 Å². The summed E-state index contributed by atoms with van der Waals surface area (Å²) < 4.78 is 4.79. The summed E-state index contributed by atoms with van der Waals surface area (Å²) >= 11 is 0. The molecule has 0 saturated carbocycles. The number of nitrogens with zero attached hydrogens (tertiary/aromatic N) is 1. The van der Waals surface area contributed by atoms with Gasteiger partial charge in [-0.3, -0.25) is 0 Å². The van der Waals surface area contributed by atoms with E-state index in [0.717, 1.165) is 5.57 Å². The predicted molar refractivity (Wildman–Crippen MR) is 63.9 cm³/mol. The Morgan fingerprint density at radius 1 is 1.47 bits per heavy atom. The van der Waals surface area contributed by atoms with Crippen LogP contribution < -0.4 is 5.32 Å². The van der Waals surface area contributed by atoms with Gasteiger partial charge in [0.05, 0.1) is 6.61 Å². The van der Waals surface area contributed by atoms with Gasteiger partial charge in [-0.2, -0.15) is 0 Å². The molecule has 0 heterocycles. The lowest BCUT2D eigenvalue weighted by Crippen LogP contribution is -2.41. The van der Waals surface area contributed by atoms with Crippen molar-refractivity contribution in [2.24, 2.45) is 0 Å². The quantitative estimate of drug-likeness (QED) is 0.486. The van der Waals surface area contributed by atoms with E-state index < -0.39 is 5.97 Å². The standard InChI is InChI=1S/C11H20N2O4/c1-4-13(7-9(2)3)11(16)12-5-6-17-8-10(14)15/h2,4-8H2,1,3H3,(H,12,16)(H,14,15). The summed E-state index contributed by atoms with van der Waals surface area (Å²) in [5.74, 6) is -1.02. The van der Waals surface area contributed by atoms with Crippen LogP contribution >= 0.6 is 0 Å². The Morgan fingerprint density at radius 3 is 2.59 bits per heavy atom. The Hall–Kier alpha value is -1.56. The molecule has 0 rings (SSSR count). The summed E-state index contributed by atoms with van der Waals surface area (Å²) in [6.45, 7) is 8.70. The van der Waals surface area contributed by atoms with E-state index in [1.807, 2.05) is 13.8 Å². The molecule has 0 radical (unpaired) electrons. The minimum Gasteiger partial charge on any atom is -0.480 e. The monoisotopic (exact) mass is 244 g/mol. The first-order valence-corrected chi connectivity index (χ1v) is 5.44. The zero-order chi connectivity index (χ0) is 13.3. The lowest BCUT2D eigenvalue weighted by atomic mass is 10.3. The van der Waals surface area contributed by atoms with Crippen LogP contribution in [0.15, 0.2) is 12.2 Å². The number of hydrogen-bond acceptors (Lipinski definition) is 3. The van der Waals surface area contributed by atoms with Crippen LogP contribution in [0.25, 0.3) is 0 Å². The molecule has 0 aliphatic carbocycles. The molecule has 17 heavy (non-hydrogen) atoms. The van der Waals surface area contributed by atoms with Gasteiger partial charge in [0.25, 0.3) is 0 Å². The van der Waals surface area contributed by atoms with Crippen LogP contribution in [0.3, 0.4) is 0 Å². The van der Waals surface area contributed by atoms with Crippen LogP contribution in [-0.4, -0.2) is 54.9 Å². The van der Waals surface area contributed by atoms with Crippen molar-refractivity contribution in [2.45, 2.75) is 13.8 Å². The second-order valence-corrected chi connectivity index (χ2v) is 3.65. The maximum absolute atomic E-state index is 11.6. The molecular formula is C11H20N2O4. The van der Waals surface area contributed by atoms with Crippen LogP contribution in [0.4, 0.5) is 4.79 Å². The number of carboxylic acids is 1. The van der Waals surface area contributed by atoms with Crippen LogP contribution in [0.5, 0.6) is 0 Å². The maximum atomic E-state index is 11.6. The van der Waals surface area contributed by atoms with E-state index in [4.69, 9.17) is 9.84 Å². The summed E-state index contributed by atoms with van der Waals surface area (Å²) in [6, 6.07) is -0.200. The van der Waals surface area contributed by atoms with E-state index >= 15 is 0 Å². The van der Waals surface area contributed by atoms with Gasteiger partial charge in [0.2, 0.25) is 0 Å². The number of nitrogens with one attached hydrogen (secondary N) is 1. The van der Waals surface area contributed by atoms with Gasteiger partial charge in [0.15, 0.2) is 0 Å². The summed E-state index contributed by atoms with van der Waals surface area (Å²) in [4.78, 5) is 23.4. The highest BCUT2D eigenvalue weighted by Gasteiger charge is 2.10. The molecule has 0 aliphatic rings. The molecule has 6 heteroatoms. The Balaban J connectivity index is 3.75. The lowest BCUT2D eigenvalue weighted by molar-refractivity contribution is -0.142. The second kappa shape index (κ2) is 8.58. The average Bonchev–Trinajstić information content (AvgIpc) is 2.24. The van der Waals surface area contributed by atoms with Crippen LogP contribution in [-0.2, 0) is 9.53 Å². The summed E-state index contributed by atoms with van der Waals surface area (Å²) in [5, 5.41) is 11.0. The SMILES string of the molecule is C=C(C)CN(CC)C(=O)NCCOCC(=O)O. The predicted octanol–water partition coefficient (Wildman–Crippen LogP) is 0.695. The third-order valence-electron chi connectivity index (χ3n) is 1.88. The molecular weight excluding hydrogens is 224 g/mol. The average molecular weight is 244 g/mol. The minimum absolute atomic E-state index is 0.183. The zero-order valence-electron chi connectivity index (χ0n) is 10.4. The number of likely N-dealkylation sites (N-methyl/N-ethyl adjacent to an activating group) is 1. The normalized spacial score (nSPS) is 9.76. The molecule has 98 valence electrons. The van der Waals surface area contributed by atoms with Crippen molar-refractivity contribution in [2.75, 3.05) is 32.8 Å². The van der Waals surface area contributed by atoms with E-state index in [1.54, 1.807) is 4.90 Å². The third-order valence-corrected chi connectivity index (χ3v) is 1.88. The van der Waals surface area contributed by atoms with Gasteiger partial charge in [0.1, 0.15) is 6.61 Å². The lowest BCUT2D eigenvalue weighted by Gasteiger charge is -2.21. The van der Waals surface area contributed by atoms with Gasteiger partial charge in [0, 0.05) is 19.6 Å². The first-order chi connectivity index (χ1) is 7.97. The fourth-order valence-electron chi connectivity index (χ4n) is 1.15. The Bertz CT molecular complexity index is 279. The molecule has 0 aromatic carbocycles. The van der Waals surface area contributed by atoms with Crippen LogP contribution in [0.2, 0.25) is 0 Å². The van der Waals surface area contributed by atoms with Crippen molar-refractivity contribution in [3.8, 4) is 0 Å². The van der Waals surface area contributed by atoms with E-state index in [1.165, 1.54) is 0 Å². The molecule has 0 unspecified atom stereocenters. The smallest absolute Gasteiger partial charge is 0.329 e.